The largest absolute Gasteiger partial charge is 0.471 e. The van der Waals surface area contributed by atoms with Gasteiger partial charge in [-0.15, -0.1) is 0 Å². The van der Waals surface area contributed by atoms with Crippen LogP contribution in [-0.2, 0) is 22.3 Å². The van der Waals surface area contributed by atoms with Crippen LogP contribution < -0.4 is 16.0 Å². The van der Waals surface area contributed by atoms with Gasteiger partial charge >= 0.3 is 12.1 Å². The van der Waals surface area contributed by atoms with Crippen LogP contribution in [-0.4, -0.2) is 40.6 Å². The Labute approximate surface area is 205 Å². The Kier molecular flexibility index (Phi) is 7.68. The van der Waals surface area contributed by atoms with Gasteiger partial charge in [0.1, 0.15) is 6.04 Å². The number of carbonyl (C=O) groups excluding carboxylic acids is 2. The molecule has 36 heavy (non-hydrogen) atoms. The molecule has 2 heterocycles. The molecular weight excluding hydrogens is 475 g/mol. The van der Waals surface area contributed by atoms with E-state index in [0.717, 1.165) is 13.0 Å². The number of benzene rings is 2. The second kappa shape index (κ2) is 10.9. The first-order chi connectivity index (χ1) is 17.2. The van der Waals surface area contributed by atoms with E-state index in [1.165, 1.54) is 17.7 Å². The summed E-state index contributed by atoms with van der Waals surface area (Å²) in [6, 6.07) is 15.3. The molecule has 11 heteroatoms. The average Bonchev–Trinajstić information content (AvgIpc) is 3.39. The predicted molar refractivity (Wildman–Crippen MR) is 124 cm³/mol. The highest BCUT2D eigenvalue weighted by Crippen LogP contribution is 2.29. The molecule has 0 saturated carbocycles. The Morgan fingerprint density at radius 2 is 1.86 bits per heavy atom. The molecule has 4 rings (SSSR count). The fraction of sp³-hybridized carbons (Fsp3) is 0.360. The molecule has 3 aromatic rings. The molecule has 1 fully saturated rings. The molecule has 3 N–H and O–H groups in total. The summed E-state index contributed by atoms with van der Waals surface area (Å²) in [6.45, 7) is 2.51. The minimum atomic E-state index is -4.71. The molecule has 8 nitrogen and oxygen atoms in total. The first kappa shape index (κ1) is 25.4. The SMILES string of the molecule is CC(NC(=O)[C@H]1C[C@@H](c2ccccc2)CCN1)C(=O)NCc1ccc(-c2noc(C(F)(F)F)n2)cc1. The van der Waals surface area contributed by atoms with Crippen molar-refractivity contribution in [2.75, 3.05) is 6.54 Å². The maximum Gasteiger partial charge on any atom is 0.471 e. The standard InChI is InChI=1S/C25H26F3N5O3/c1-15(31-23(35)20-13-19(11-12-29-20)17-5-3-2-4-6-17)22(34)30-14-16-7-9-18(10-8-16)21-32-24(36-33-21)25(26,27)28/h2-10,15,19-20,29H,11-14H2,1H3,(H,30,34)(H,31,35)/t15?,19-,20+/m0/s1. The third-order valence-electron chi connectivity index (χ3n) is 6.09. The second-order valence-corrected chi connectivity index (χ2v) is 8.70. The fourth-order valence-electron chi connectivity index (χ4n) is 4.09. The highest BCUT2D eigenvalue weighted by molar-refractivity contribution is 5.89. The van der Waals surface area contributed by atoms with Crippen molar-refractivity contribution in [3.8, 4) is 11.4 Å². The summed E-state index contributed by atoms with van der Waals surface area (Å²) in [7, 11) is 0. The molecule has 1 aliphatic heterocycles. The summed E-state index contributed by atoms with van der Waals surface area (Å²) in [5.41, 5.74) is 2.26. The lowest BCUT2D eigenvalue weighted by atomic mass is 9.86. The zero-order valence-electron chi connectivity index (χ0n) is 19.5. The van der Waals surface area contributed by atoms with Crippen molar-refractivity contribution in [3.63, 3.8) is 0 Å². The lowest BCUT2D eigenvalue weighted by Gasteiger charge is -2.30. The molecule has 3 atom stereocenters. The van der Waals surface area contributed by atoms with Gasteiger partial charge in [-0.25, -0.2) is 0 Å². The van der Waals surface area contributed by atoms with Crippen LogP contribution in [0.1, 0.15) is 42.7 Å². The Bertz CT molecular complexity index is 1180. The van der Waals surface area contributed by atoms with E-state index in [2.05, 4.69) is 42.7 Å². The highest BCUT2D eigenvalue weighted by atomic mass is 19.4. The number of hydrogen-bond donors (Lipinski definition) is 3. The Hall–Kier alpha value is -3.73. The van der Waals surface area contributed by atoms with Crippen LogP contribution in [0.2, 0.25) is 0 Å². The van der Waals surface area contributed by atoms with Crippen LogP contribution in [0.25, 0.3) is 11.4 Å². The molecule has 0 spiro atoms. The number of halogens is 3. The van der Waals surface area contributed by atoms with Crippen LogP contribution in [0.5, 0.6) is 0 Å². The number of nitrogens with one attached hydrogen (secondary N) is 3. The predicted octanol–water partition coefficient (Wildman–Crippen LogP) is 3.41. The Morgan fingerprint density at radius 3 is 2.53 bits per heavy atom. The van der Waals surface area contributed by atoms with E-state index in [-0.39, 0.29) is 36.1 Å². The van der Waals surface area contributed by atoms with Crippen molar-refractivity contribution in [3.05, 3.63) is 71.6 Å². The van der Waals surface area contributed by atoms with Crippen LogP contribution >= 0.6 is 0 Å². The van der Waals surface area contributed by atoms with Gasteiger partial charge in [0, 0.05) is 12.1 Å². The first-order valence-corrected chi connectivity index (χ1v) is 11.6. The van der Waals surface area contributed by atoms with E-state index >= 15 is 0 Å². The number of hydrogen-bond acceptors (Lipinski definition) is 6. The zero-order chi connectivity index (χ0) is 25.7. The normalized spacial score (nSPS) is 18.9. The van der Waals surface area contributed by atoms with Crippen molar-refractivity contribution in [1.29, 1.82) is 0 Å². The van der Waals surface area contributed by atoms with Gasteiger partial charge in [0.15, 0.2) is 0 Å². The number of nitrogens with zero attached hydrogens (tertiary/aromatic N) is 2. The molecule has 1 saturated heterocycles. The van der Waals surface area contributed by atoms with Crippen molar-refractivity contribution < 1.29 is 27.3 Å². The van der Waals surface area contributed by atoms with Gasteiger partial charge in [-0.2, -0.15) is 18.2 Å². The lowest BCUT2D eigenvalue weighted by molar-refractivity contribution is -0.159. The molecule has 1 unspecified atom stereocenters. The van der Waals surface area contributed by atoms with Gasteiger partial charge in [-0.05, 0) is 43.4 Å². The van der Waals surface area contributed by atoms with Crippen LogP contribution in [0, 0.1) is 0 Å². The topological polar surface area (TPSA) is 109 Å². The number of carbonyl (C=O) groups is 2. The molecule has 0 aliphatic carbocycles. The van der Waals surface area contributed by atoms with Crippen molar-refractivity contribution in [2.24, 2.45) is 0 Å². The summed E-state index contributed by atoms with van der Waals surface area (Å²) >= 11 is 0. The van der Waals surface area contributed by atoms with Gasteiger partial charge in [0.2, 0.25) is 17.6 Å². The molecule has 190 valence electrons. The number of piperidine rings is 1. The zero-order valence-corrected chi connectivity index (χ0v) is 19.5. The van der Waals surface area contributed by atoms with Crippen molar-refractivity contribution in [2.45, 2.75) is 50.5 Å². The summed E-state index contributed by atoms with van der Waals surface area (Å²) in [5.74, 6) is -1.89. The maximum atomic E-state index is 12.8. The summed E-state index contributed by atoms with van der Waals surface area (Å²) in [6.07, 6.45) is -3.11. The summed E-state index contributed by atoms with van der Waals surface area (Å²) < 4.78 is 42.1. The van der Waals surface area contributed by atoms with Gasteiger partial charge in [0.25, 0.3) is 0 Å². The van der Waals surface area contributed by atoms with E-state index < -0.39 is 18.1 Å². The van der Waals surface area contributed by atoms with Crippen LogP contribution in [0.15, 0.2) is 59.1 Å². The Balaban J connectivity index is 1.26. The van der Waals surface area contributed by atoms with E-state index in [4.69, 9.17) is 0 Å². The van der Waals surface area contributed by atoms with E-state index in [1.54, 1.807) is 19.1 Å². The minimum Gasteiger partial charge on any atom is -0.350 e. The summed E-state index contributed by atoms with van der Waals surface area (Å²) in [5, 5.41) is 12.1. The van der Waals surface area contributed by atoms with E-state index in [1.807, 2.05) is 18.2 Å². The van der Waals surface area contributed by atoms with E-state index in [9.17, 15) is 22.8 Å². The average molecular weight is 502 g/mol. The monoisotopic (exact) mass is 501 g/mol. The third-order valence-corrected chi connectivity index (χ3v) is 6.09. The first-order valence-electron chi connectivity index (χ1n) is 11.6. The molecule has 0 radical (unpaired) electrons. The molecule has 2 aromatic carbocycles. The molecule has 2 amide bonds. The Morgan fingerprint density at radius 1 is 1.14 bits per heavy atom. The molecule has 1 aromatic heterocycles. The second-order valence-electron chi connectivity index (χ2n) is 8.70. The number of aromatic nitrogens is 2. The van der Waals surface area contributed by atoms with Crippen molar-refractivity contribution >= 4 is 11.8 Å². The van der Waals surface area contributed by atoms with Gasteiger partial charge < -0.3 is 20.5 Å². The number of rotatable bonds is 7. The van der Waals surface area contributed by atoms with Gasteiger partial charge in [-0.1, -0.05) is 59.8 Å². The van der Waals surface area contributed by atoms with E-state index in [0.29, 0.717) is 17.5 Å². The number of alkyl halides is 3. The lowest BCUT2D eigenvalue weighted by Crippen LogP contribution is -2.53. The smallest absolute Gasteiger partial charge is 0.350 e. The van der Waals surface area contributed by atoms with Crippen LogP contribution in [0.4, 0.5) is 13.2 Å². The number of amides is 2. The molecule has 0 bridgehead atoms. The quantitative estimate of drug-likeness (QED) is 0.458. The van der Waals surface area contributed by atoms with Crippen LogP contribution in [0.3, 0.4) is 0 Å². The summed E-state index contributed by atoms with van der Waals surface area (Å²) in [4.78, 5) is 28.6. The van der Waals surface area contributed by atoms with Gasteiger partial charge in [0.05, 0.1) is 6.04 Å². The minimum absolute atomic E-state index is 0.178. The third kappa shape index (κ3) is 6.28. The molecular formula is C25H26F3N5O3. The fourth-order valence-corrected chi connectivity index (χ4v) is 4.09. The highest BCUT2D eigenvalue weighted by Gasteiger charge is 2.38. The van der Waals surface area contributed by atoms with Crippen molar-refractivity contribution in [1.82, 2.24) is 26.1 Å². The molecule has 1 aliphatic rings. The maximum absolute atomic E-state index is 12.8. The van der Waals surface area contributed by atoms with Gasteiger partial charge in [-0.3, -0.25) is 9.59 Å².